The topological polar surface area (TPSA) is 58.6 Å². The van der Waals surface area contributed by atoms with Gasteiger partial charge in [-0.05, 0) is 43.1 Å². The number of benzene rings is 1. The molecule has 1 aromatic carbocycles. The molecule has 0 aliphatic heterocycles. The van der Waals surface area contributed by atoms with E-state index < -0.39 is 5.97 Å². The number of rotatable bonds is 8. The molecule has 2 N–H and O–H groups in total. The van der Waals surface area contributed by atoms with Gasteiger partial charge in [0, 0.05) is 6.42 Å². The first-order chi connectivity index (χ1) is 8.61. The maximum absolute atomic E-state index is 10.5. The Morgan fingerprint density at radius 1 is 1.50 bits per heavy atom. The largest absolute Gasteiger partial charge is 0.497 e. The van der Waals surface area contributed by atoms with E-state index in [2.05, 4.69) is 11.4 Å². The molecule has 4 nitrogen and oxygen atoms in total. The third kappa shape index (κ3) is 5.68. The monoisotopic (exact) mass is 251 g/mol. The molecule has 0 saturated heterocycles. The van der Waals surface area contributed by atoms with Gasteiger partial charge < -0.3 is 15.2 Å². The first-order valence-electron chi connectivity index (χ1n) is 6.17. The summed E-state index contributed by atoms with van der Waals surface area (Å²) in [6.45, 7) is 3.51. The smallest absolute Gasteiger partial charge is 0.303 e. The minimum absolute atomic E-state index is 0.160. The molecule has 0 spiro atoms. The van der Waals surface area contributed by atoms with E-state index in [1.807, 2.05) is 25.1 Å². The molecule has 0 amide bonds. The maximum Gasteiger partial charge on any atom is 0.303 e. The van der Waals surface area contributed by atoms with E-state index in [9.17, 15) is 4.79 Å². The van der Waals surface area contributed by atoms with Gasteiger partial charge in [0.2, 0.25) is 0 Å². The first kappa shape index (κ1) is 14.5. The zero-order valence-electron chi connectivity index (χ0n) is 11.0. The lowest BCUT2D eigenvalue weighted by atomic mass is 10.1. The number of hydrogen-bond acceptors (Lipinski definition) is 3. The van der Waals surface area contributed by atoms with Gasteiger partial charge in [0.15, 0.2) is 0 Å². The molecule has 0 bridgehead atoms. The van der Waals surface area contributed by atoms with E-state index in [0.29, 0.717) is 0 Å². The van der Waals surface area contributed by atoms with Gasteiger partial charge in [-0.25, -0.2) is 0 Å². The summed E-state index contributed by atoms with van der Waals surface area (Å²) in [5.74, 6) is 0.289. The number of methoxy groups -OCH3 is 1. The molecule has 0 aliphatic carbocycles. The number of nitrogens with one attached hydrogen (secondary N) is 1. The lowest BCUT2D eigenvalue weighted by molar-refractivity contribution is -0.137. The van der Waals surface area contributed by atoms with Crippen LogP contribution in [0.5, 0.6) is 5.75 Å². The van der Waals surface area contributed by atoms with Crippen molar-refractivity contribution in [3.05, 3.63) is 29.8 Å². The van der Waals surface area contributed by atoms with Crippen molar-refractivity contribution in [1.29, 1.82) is 0 Å². The van der Waals surface area contributed by atoms with Crippen molar-refractivity contribution >= 4 is 5.97 Å². The highest BCUT2D eigenvalue weighted by molar-refractivity contribution is 5.66. The minimum atomic E-state index is -0.739. The van der Waals surface area contributed by atoms with E-state index >= 15 is 0 Å². The van der Waals surface area contributed by atoms with Crippen LogP contribution in [-0.4, -0.2) is 31.3 Å². The standard InChI is InChI=1S/C14H21NO3/c1-11(8-14(16)17)10-15-7-6-12-4-3-5-13(9-12)18-2/h3-5,9,11,15H,6-8,10H2,1-2H3,(H,16,17). The van der Waals surface area contributed by atoms with Gasteiger partial charge in [0.05, 0.1) is 7.11 Å². The second-order valence-corrected chi connectivity index (χ2v) is 4.51. The fourth-order valence-electron chi connectivity index (χ4n) is 1.78. The average Bonchev–Trinajstić information content (AvgIpc) is 2.34. The Morgan fingerprint density at radius 2 is 2.28 bits per heavy atom. The van der Waals surface area contributed by atoms with E-state index in [-0.39, 0.29) is 12.3 Å². The Labute approximate surface area is 108 Å². The maximum atomic E-state index is 10.5. The van der Waals surface area contributed by atoms with Gasteiger partial charge in [-0.15, -0.1) is 0 Å². The third-order valence-electron chi connectivity index (χ3n) is 2.74. The molecule has 1 aromatic rings. The molecule has 1 unspecified atom stereocenters. The van der Waals surface area contributed by atoms with Gasteiger partial charge in [0.1, 0.15) is 5.75 Å². The predicted octanol–water partition coefficient (Wildman–Crippen LogP) is 1.94. The number of carboxylic acid groups (broad SMARTS) is 1. The van der Waals surface area contributed by atoms with Gasteiger partial charge in [0.25, 0.3) is 0 Å². The number of carbonyl (C=O) groups is 1. The van der Waals surface area contributed by atoms with Crippen LogP contribution >= 0.6 is 0 Å². The van der Waals surface area contributed by atoms with Crippen molar-refractivity contribution in [1.82, 2.24) is 5.32 Å². The van der Waals surface area contributed by atoms with Crippen LogP contribution in [0.1, 0.15) is 18.9 Å². The van der Waals surface area contributed by atoms with Crippen LogP contribution in [-0.2, 0) is 11.2 Å². The van der Waals surface area contributed by atoms with Crippen molar-refractivity contribution in [3.63, 3.8) is 0 Å². The molecule has 0 aliphatic rings. The molecule has 100 valence electrons. The van der Waals surface area contributed by atoms with Gasteiger partial charge in [-0.2, -0.15) is 0 Å². The fraction of sp³-hybridized carbons (Fsp3) is 0.500. The summed E-state index contributed by atoms with van der Waals surface area (Å²) in [6, 6.07) is 7.97. The summed E-state index contributed by atoms with van der Waals surface area (Å²) in [5, 5.41) is 11.9. The van der Waals surface area contributed by atoms with E-state index in [1.165, 1.54) is 5.56 Å². The highest BCUT2D eigenvalue weighted by atomic mass is 16.5. The Kier molecular flexibility index (Phi) is 6.22. The molecule has 4 heteroatoms. The second-order valence-electron chi connectivity index (χ2n) is 4.51. The highest BCUT2D eigenvalue weighted by Crippen LogP contribution is 2.12. The molecule has 0 aromatic heterocycles. The summed E-state index contributed by atoms with van der Waals surface area (Å²) in [5.41, 5.74) is 1.22. The molecule has 0 saturated carbocycles. The molecular formula is C14H21NO3. The molecule has 0 fully saturated rings. The summed E-state index contributed by atoms with van der Waals surface area (Å²) < 4.78 is 5.16. The zero-order valence-corrected chi connectivity index (χ0v) is 11.0. The van der Waals surface area contributed by atoms with Crippen LogP contribution in [0.2, 0.25) is 0 Å². The van der Waals surface area contributed by atoms with Crippen molar-refractivity contribution in [2.75, 3.05) is 20.2 Å². The quantitative estimate of drug-likeness (QED) is 0.693. The Bertz CT molecular complexity index is 379. The van der Waals surface area contributed by atoms with Crippen LogP contribution in [0, 0.1) is 5.92 Å². The van der Waals surface area contributed by atoms with Crippen LogP contribution in [0.25, 0.3) is 0 Å². The summed E-state index contributed by atoms with van der Waals surface area (Å²) in [7, 11) is 1.66. The first-order valence-corrected chi connectivity index (χ1v) is 6.17. The van der Waals surface area contributed by atoms with Gasteiger partial charge >= 0.3 is 5.97 Å². The van der Waals surface area contributed by atoms with Crippen LogP contribution in [0.4, 0.5) is 0 Å². The molecular weight excluding hydrogens is 230 g/mol. The Balaban J connectivity index is 2.23. The van der Waals surface area contributed by atoms with E-state index in [1.54, 1.807) is 7.11 Å². The molecule has 1 atom stereocenters. The molecule has 0 radical (unpaired) electrons. The zero-order chi connectivity index (χ0) is 13.4. The second kappa shape index (κ2) is 7.71. The lowest BCUT2D eigenvalue weighted by Crippen LogP contribution is -2.24. The molecule has 18 heavy (non-hydrogen) atoms. The van der Waals surface area contributed by atoms with E-state index in [0.717, 1.165) is 25.3 Å². The summed E-state index contributed by atoms with van der Waals surface area (Å²) >= 11 is 0. The highest BCUT2D eigenvalue weighted by Gasteiger charge is 2.06. The fourth-order valence-corrected chi connectivity index (χ4v) is 1.78. The van der Waals surface area contributed by atoms with Crippen LogP contribution in [0.3, 0.4) is 0 Å². The lowest BCUT2D eigenvalue weighted by Gasteiger charge is -2.10. The number of hydrogen-bond donors (Lipinski definition) is 2. The Hall–Kier alpha value is -1.55. The van der Waals surface area contributed by atoms with Crippen molar-refractivity contribution in [2.45, 2.75) is 19.8 Å². The Morgan fingerprint density at radius 3 is 2.94 bits per heavy atom. The number of ether oxygens (including phenoxy) is 1. The molecule has 1 rings (SSSR count). The van der Waals surface area contributed by atoms with E-state index in [4.69, 9.17) is 9.84 Å². The number of aliphatic carboxylic acids is 1. The van der Waals surface area contributed by atoms with Crippen LogP contribution < -0.4 is 10.1 Å². The average molecular weight is 251 g/mol. The van der Waals surface area contributed by atoms with Crippen LogP contribution in [0.15, 0.2) is 24.3 Å². The summed E-state index contributed by atoms with van der Waals surface area (Å²) in [4.78, 5) is 10.5. The van der Waals surface area contributed by atoms with Crippen molar-refractivity contribution in [3.8, 4) is 5.75 Å². The van der Waals surface area contributed by atoms with Gasteiger partial charge in [-0.1, -0.05) is 19.1 Å². The molecule has 0 heterocycles. The van der Waals surface area contributed by atoms with Gasteiger partial charge in [-0.3, -0.25) is 4.79 Å². The third-order valence-corrected chi connectivity index (χ3v) is 2.74. The van der Waals surface area contributed by atoms with Crippen molar-refractivity contribution in [2.24, 2.45) is 5.92 Å². The number of carboxylic acids is 1. The minimum Gasteiger partial charge on any atom is -0.497 e. The SMILES string of the molecule is COc1cccc(CCNCC(C)CC(=O)O)c1. The summed E-state index contributed by atoms with van der Waals surface area (Å²) in [6.07, 6.45) is 1.13. The predicted molar refractivity (Wildman–Crippen MR) is 71.0 cm³/mol. The van der Waals surface area contributed by atoms with Crippen molar-refractivity contribution < 1.29 is 14.6 Å². The normalized spacial score (nSPS) is 12.1.